The van der Waals surface area contributed by atoms with E-state index in [1.54, 1.807) is 30.5 Å². The summed E-state index contributed by atoms with van der Waals surface area (Å²) >= 11 is 0.250. The molecule has 3 fully saturated rings. The van der Waals surface area contributed by atoms with E-state index in [0.717, 1.165) is 11.3 Å². The Bertz CT molecular complexity index is 1800. The molecule has 4 heterocycles. The second kappa shape index (κ2) is 23.2. The molecular weight excluding hydrogens is 838 g/mol. The summed E-state index contributed by atoms with van der Waals surface area (Å²) < 4.78 is 43.3. The number of methoxy groups -OCH3 is 1. The lowest BCUT2D eigenvalue weighted by Crippen LogP contribution is -2.61. The van der Waals surface area contributed by atoms with E-state index >= 15 is 0 Å². The Morgan fingerprint density at radius 3 is 2.43 bits per heavy atom. The molecule has 3 aliphatic heterocycles. The zero-order valence-electron chi connectivity index (χ0n) is 38.9. The maximum absolute atomic E-state index is 14.4. The molecule has 0 radical (unpaired) electrons. The lowest BCUT2D eigenvalue weighted by Gasteiger charge is -2.47. The first-order valence-electron chi connectivity index (χ1n) is 22.0. The van der Waals surface area contributed by atoms with Crippen LogP contribution in [0, 0.1) is 17.8 Å². The van der Waals surface area contributed by atoms with Crippen molar-refractivity contribution in [2.45, 2.75) is 147 Å². The maximum atomic E-state index is 14.4. The normalized spacial score (nSPS) is 34.6. The number of aliphatic hydroxyl groups excluding tert-OH is 2. The van der Waals surface area contributed by atoms with E-state index in [2.05, 4.69) is 22.6 Å². The molecular formula is C44H72FN7O10S. The number of likely N-dealkylation sites (N-methyl/N-ethyl adjacent to an activating group) is 1. The number of ketones is 1. The van der Waals surface area contributed by atoms with Crippen LogP contribution in [-0.2, 0) is 39.8 Å². The monoisotopic (exact) mass is 910 g/mol. The number of carbonyl (C=O) groups is 3. The summed E-state index contributed by atoms with van der Waals surface area (Å²) in [6.45, 7) is 14.0. The number of anilines is 1. The largest absolute Gasteiger partial charge is 0.458 e. The number of Topliss-reactive ketones (excluding diaryl/α,β-unsaturated/α-hetero) is 1. The van der Waals surface area contributed by atoms with Gasteiger partial charge in [-0.2, -0.15) is 3.89 Å². The third-order valence-corrected chi connectivity index (χ3v) is 12.9. The van der Waals surface area contributed by atoms with E-state index in [0.29, 0.717) is 57.4 Å². The minimum atomic E-state index is -1.25. The molecule has 3 aliphatic rings. The van der Waals surface area contributed by atoms with Gasteiger partial charge in [0.1, 0.15) is 23.8 Å². The number of aromatic nitrogens is 3. The minimum absolute atomic E-state index is 0.0530. The van der Waals surface area contributed by atoms with Crippen molar-refractivity contribution in [2.75, 3.05) is 52.9 Å². The van der Waals surface area contributed by atoms with Gasteiger partial charge in [-0.25, -0.2) is 4.79 Å². The van der Waals surface area contributed by atoms with Crippen LogP contribution in [0.4, 0.5) is 14.4 Å². The summed E-state index contributed by atoms with van der Waals surface area (Å²) in [4.78, 5) is 45.8. The van der Waals surface area contributed by atoms with Gasteiger partial charge in [-0.1, -0.05) is 38.1 Å². The highest BCUT2D eigenvalue weighted by Crippen LogP contribution is 2.40. The number of cyclic esters (lactones) is 1. The van der Waals surface area contributed by atoms with E-state index in [1.165, 1.54) is 13.2 Å². The zero-order chi connectivity index (χ0) is 46.8. The van der Waals surface area contributed by atoms with Gasteiger partial charge in [0.15, 0.2) is 17.7 Å². The van der Waals surface area contributed by atoms with Gasteiger partial charge in [0.05, 0.1) is 36.7 Å². The number of nitrogen functional groups attached to an aromatic ring is 1. The van der Waals surface area contributed by atoms with Gasteiger partial charge < -0.3 is 49.8 Å². The summed E-state index contributed by atoms with van der Waals surface area (Å²) in [6.07, 6.45) is 0.463. The van der Waals surface area contributed by atoms with Gasteiger partial charge in [-0.05, 0) is 98.5 Å². The summed E-state index contributed by atoms with van der Waals surface area (Å²) in [5.41, 5.74) is 5.84. The molecule has 5 N–H and O–H groups in total. The van der Waals surface area contributed by atoms with Crippen LogP contribution < -0.4 is 11.1 Å². The van der Waals surface area contributed by atoms with Crippen molar-refractivity contribution >= 4 is 35.7 Å². The first-order chi connectivity index (χ1) is 29.8. The predicted octanol–water partition coefficient (Wildman–Crippen LogP) is 4.49. The molecule has 1 amide bonds. The fraction of sp³-hybridized carbons (Fsp3) is 0.750. The number of hydrogen-bond donors (Lipinski definition) is 4. The maximum Gasteiger partial charge on any atom is 0.410 e. The molecule has 17 nitrogen and oxygen atoms in total. The van der Waals surface area contributed by atoms with Crippen molar-refractivity contribution in [2.24, 2.45) is 17.8 Å². The summed E-state index contributed by atoms with van der Waals surface area (Å²) in [6, 6.07) is 6.23. The predicted molar refractivity (Wildman–Crippen MR) is 238 cm³/mol. The van der Waals surface area contributed by atoms with Crippen LogP contribution in [0.3, 0.4) is 0 Å². The molecule has 13 atom stereocenters. The molecule has 63 heavy (non-hydrogen) atoms. The number of fused-ring (bicyclic) bond motifs is 1. The number of unbranched alkanes of at least 4 members (excludes halogenated alkanes) is 1. The molecule has 3 unspecified atom stereocenters. The Hall–Kier alpha value is -3.43. The van der Waals surface area contributed by atoms with Gasteiger partial charge in [-0.15, -0.1) is 5.10 Å². The van der Waals surface area contributed by atoms with Crippen LogP contribution in [0.5, 0.6) is 0 Å². The van der Waals surface area contributed by atoms with E-state index < -0.39 is 77.6 Å². The lowest BCUT2D eigenvalue weighted by atomic mass is 9.78. The Kier molecular flexibility index (Phi) is 19.2. The van der Waals surface area contributed by atoms with Crippen molar-refractivity contribution in [1.82, 2.24) is 30.1 Å². The van der Waals surface area contributed by atoms with E-state index in [1.807, 2.05) is 70.2 Å². The molecule has 1 aromatic heterocycles. The number of hydrogen-bond acceptors (Lipinski definition) is 16. The molecule has 19 heteroatoms. The quantitative estimate of drug-likeness (QED) is 0.100. The number of nitrogens with zero attached hydrogens (tertiary/aromatic N) is 5. The van der Waals surface area contributed by atoms with E-state index in [4.69, 9.17) is 29.4 Å². The van der Waals surface area contributed by atoms with E-state index in [9.17, 15) is 28.5 Å². The summed E-state index contributed by atoms with van der Waals surface area (Å²) in [5.74, 6) is -3.38. The standard InChI is InChI=1S/C43H69N7O10.CH3FS/c1-11-34-43(7)37(50(41(55)60-43)18-13-12-17-49-23-32(46-47-49)29-15-14-16-30(44)19-29)28(5)45-22-25(2)21-42(6,56-10)38(26(3)35(52)27(4)39(54)58-34)59-40-36(53)33(48(8)9)20-31(24-51)57-40;1-3-2/h14-16,19,23,25-28,31,33-34,36-38,40,45,51,53H,11-13,17-18,20-22,24,44H2,1-10H3;1H3/t25-,26+,27-,28-,31?,33?,34-,36?,37-,38-,40+,42-,43-;/m1./s1. The second-order valence-electron chi connectivity index (χ2n) is 17.9. The van der Waals surface area contributed by atoms with Crippen LogP contribution in [0.2, 0.25) is 0 Å². The first-order valence-corrected chi connectivity index (χ1v) is 23.1. The minimum Gasteiger partial charge on any atom is -0.458 e. The Morgan fingerprint density at radius 1 is 1.13 bits per heavy atom. The number of amides is 1. The molecule has 5 rings (SSSR count). The molecule has 0 saturated carbocycles. The molecule has 0 bridgehead atoms. The molecule has 3 saturated heterocycles. The van der Waals surface area contributed by atoms with Crippen LogP contribution in [0.1, 0.15) is 80.6 Å². The number of esters is 1. The Labute approximate surface area is 376 Å². The third-order valence-electron chi connectivity index (χ3n) is 12.9. The average Bonchev–Trinajstić information content (AvgIpc) is 3.83. The molecule has 0 spiro atoms. The number of aliphatic hydroxyl groups is 2. The molecule has 0 aliphatic carbocycles. The summed E-state index contributed by atoms with van der Waals surface area (Å²) in [5, 5.41) is 33.8. The smallest absolute Gasteiger partial charge is 0.410 e. The van der Waals surface area contributed by atoms with Gasteiger partial charge in [0.2, 0.25) is 0 Å². The molecule has 356 valence electrons. The highest BCUT2D eigenvalue weighted by atomic mass is 32.2. The van der Waals surface area contributed by atoms with Crippen molar-refractivity contribution in [3.05, 3.63) is 30.5 Å². The number of aryl methyl sites for hydroxylation is 1. The number of nitrogens with two attached hydrogens (primary N) is 1. The topological polar surface area (TPSA) is 213 Å². The number of nitrogens with one attached hydrogen (secondary N) is 1. The fourth-order valence-electron chi connectivity index (χ4n) is 9.46. The van der Waals surface area contributed by atoms with Crippen molar-refractivity contribution < 1.29 is 52.2 Å². The highest BCUT2D eigenvalue weighted by molar-refractivity contribution is 7.93. The molecule has 1 aromatic carbocycles. The second-order valence-corrected chi connectivity index (χ2v) is 18.2. The van der Waals surface area contributed by atoms with E-state index in [-0.39, 0.29) is 36.8 Å². The number of halogens is 1. The SMILES string of the molecule is CC[C@H]1OC(=O)[C@H](C)C(=O)[C@H](C)[C@@H](O[C@@H]2OC(CO)CC(N(C)C)C2O)[C@](C)(OC)C[C@@H](C)CN[C@H](C)[C@H]2N(CCCCn3cc(-c4cccc(N)c4)nn3)C(=O)O[C@]12C.CSF. The van der Waals surface area contributed by atoms with Crippen molar-refractivity contribution in [3.63, 3.8) is 0 Å². The van der Waals surface area contributed by atoms with Gasteiger partial charge in [-0.3, -0.25) is 19.2 Å². The van der Waals surface area contributed by atoms with Crippen LogP contribution in [-0.4, -0.2) is 160 Å². The number of carbonyl (C=O) groups excluding carboxylic acids is 3. The lowest BCUT2D eigenvalue weighted by molar-refractivity contribution is -0.300. The number of rotatable bonds is 12. The number of benzene rings is 1. The average molecular weight is 910 g/mol. The highest BCUT2D eigenvalue weighted by Gasteiger charge is 2.58. The van der Waals surface area contributed by atoms with Gasteiger partial charge in [0, 0.05) is 67.9 Å². The third kappa shape index (κ3) is 12.5. The fourth-order valence-corrected chi connectivity index (χ4v) is 9.46. The van der Waals surface area contributed by atoms with Crippen molar-refractivity contribution in [3.8, 4) is 11.3 Å². The first kappa shape index (κ1) is 52.2. The van der Waals surface area contributed by atoms with Gasteiger partial charge >= 0.3 is 12.1 Å². The van der Waals surface area contributed by atoms with Crippen LogP contribution in [0.25, 0.3) is 11.3 Å². The Morgan fingerprint density at radius 2 is 1.81 bits per heavy atom. The Balaban J connectivity index is 0.00000282. The zero-order valence-corrected chi connectivity index (χ0v) is 39.7. The van der Waals surface area contributed by atoms with Crippen LogP contribution >= 0.6 is 12.1 Å². The number of ether oxygens (including phenoxy) is 5. The van der Waals surface area contributed by atoms with Gasteiger partial charge in [0.25, 0.3) is 0 Å². The molecule has 2 aromatic rings. The van der Waals surface area contributed by atoms with Crippen molar-refractivity contribution in [1.29, 1.82) is 0 Å². The summed E-state index contributed by atoms with van der Waals surface area (Å²) in [7, 11) is 5.22. The van der Waals surface area contributed by atoms with Crippen LogP contribution in [0.15, 0.2) is 30.5 Å².